The Labute approximate surface area is 101 Å². The van der Waals surface area contributed by atoms with E-state index in [1.165, 1.54) is 0 Å². The smallest absolute Gasteiger partial charge is 0.0466 e. The Kier molecular flexibility index (Phi) is 8.58. The summed E-state index contributed by atoms with van der Waals surface area (Å²) >= 11 is 0. The van der Waals surface area contributed by atoms with Crippen LogP contribution in [0.3, 0.4) is 0 Å². The van der Waals surface area contributed by atoms with E-state index in [1.807, 2.05) is 6.92 Å². The standard InChI is InChI=1S/C14H29NO/c1-6-14(5,9-8-10-16-7-2)12-15-11-13(3)4/h6,13,15H,1,7-12H2,2-5H3. The van der Waals surface area contributed by atoms with Gasteiger partial charge in [-0.05, 0) is 37.6 Å². The molecule has 1 N–H and O–H groups in total. The molecular weight excluding hydrogens is 198 g/mol. The Hall–Kier alpha value is -0.340. The summed E-state index contributed by atoms with van der Waals surface area (Å²) in [6.07, 6.45) is 4.33. The summed E-state index contributed by atoms with van der Waals surface area (Å²) in [6, 6.07) is 0. The van der Waals surface area contributed by atoms with Crippen LogP contribution in [0.1, 0.15) is 40.5 Å². The zero-order valence-electron chi connectivity index (χ0n) is 11.5. The maximum absolute atomic E-state index is 5.36. The molecule has 16 heavy (non-hydrogen) atoms. The molecule has 0 heterocycles. The number of hydrogen-bond donors (Lipinski definition) is 1. The first-order valence-corrected chi connectivity index (χ1v) is 6.46. The minimum absolute atomic E-state index is 0.200. The van der Waals surface area contributed by atoms with E-state index in [0.717, 1.165) is 39.1 Å². The van der Waals surface area contributed by atoms with Gasteiger partial charge >= 0.3 is 0 Å². The van der Waals surface area contributed by atoms with Crippen molar-refractivity contribution in [1.82, 2.24) is 5.32 Å². The average Bonchev–Trinajstić information content (AvgIpc) is 2.24. The van der Waals surface area contributed by atoms with Crippen molar-refractivity contribution in [3.8, 4) is 0 Å². The van der Waals surface area contributed by atoms with Gasteiger partial charge in [-0.3, -0.25) is 0 Å². The van der Waals surface area contributed by atoms with Gasteiger partial charge in [-0.25, -0.2) is 0 Å². The fourth-order valence-corrected chi connectivity index (χ4v) is 1.63. The van der Waals surface area contributed by atoms with E-state index in [1.54, 1.807) is 0 Å². The molecule has 1 atom stereocenters. The third-order valence-electron chi connectivity index (χ3n) is 2.81. The molecule has 0 aliphatic carbocycles. The Morgan fingerprint density at radius 2 is 2.12 bits per heavy atom. The Morgan fingerprint density at radius 1 is 1.44 bits per heavy atom. The van der Waals surface area contributed by atoms with E-state index < -0.39 is 0 Å². The lowest BCUT2D eigenvalue weighted by Gasteiger charge is -2.26. The van der Waals surface area contributed by atoms with Gasteiger partial charge in [0.2, 0.25) is 0 Å². The van der Waals surface area contributed by atoms with Gasteiger partial charge in [0.1, 0.15) is 0 Å². The van der Waals surface area contributed by atoms with Crippen molar-refractivity contribution in [3.05, 3.63) is 12.7 Å². The second-order valence-electron chi connectivity index (χ2n) is 5.18. The van der Waals surface area contributed by atoms with Gasteiger partial charge in [0, 0.05) is 19.8 Å². The van der Waals surface area contributed by atoms with E-state index in [0.29, 0.717) is 5.92 Å². The largest absolute Gasteiger partial charge is 0.382 e. The molecule has 0 rings (SSSR count). The van der Waals surface area contributed by atoms with Crippen molar-refractivity contribution in [3.63, 3.8) is 0 Å². The molecule has 96 valence electrons. The highest BCUT2D eigenvalue weighted by Gasteiger charge is 2.19. The van der Waals surface area contributed by atoms with Crippen LogP contribution in [-0.2, 0) is 4.74 Å². The summed E-state index contributed by atoms with van der Waals surface area (Å²) in [5.41, 5.74) is 0.200. The molecule has 0 saturated carbocycles. The Bertz CT molecular complexity index is 180. The molecule has 0 bridgehead atoms. The van der Waals surface area contributed by atoms with Crippen molar-refractivity contribution in [1.29, 1.82) is 0 Å². The second-order valence-corrected chi connectivity index (χ2v) is 5.18. The summed E-state index contributed by atoms with van der Waals surface area (Å²) in [4.78, 5) is 0. The summed E-state index contributed by atoms with van der Waals surface area (Å²) in [7, 11) is 0. The van der Waals surface area contributed by atoms with Crippen LogP contribution in [0.25, 0.3) is 0 Å². The molecule has 0 amide bonds. The SMILES string of the molecule is C=CC(C)(CCCOCC)CNCC(C)C. The first kappa shape index (κ1) is 15.7. The second kappa shape index (κ2) is 8.77. The minimum Gasteiger partial charge on any atom is -0.382 e. The molecule has 0 aliphatic heterocycles. The predicted octanol–water partition coefficient (Wildman–Crippen LogP) is 3.24. The van der Waals surface area contributed by atoms with Crippen molar-refractivity contribution in [2.75, 3.05) is 26.3 Å². The highest BCUT2D eigenvalue weighted by molar-refractivity contribution is 4.92. The minimum atomic E-state index is 0.200. The molecule has 0 spiro atoms. The first-order chi connectivity index (χ1) is 7.54. The van der Waals surface area contributed by atoms with E-state index in [-0.39, 0.29) is 5.41 Å². The topological polar surface area (TPSA) is 21.3 Å². The van der Waals surface area contributed by atoms with Crippen LogP contribution >= 0.6 is 0 Å². The molecule has 0 radical (unpaired) electrons. The van der Waals surface area contributed by atoms with Crippen LogP contribution in [0.2, 0.25) is 0 Å². The number of ether oxygens (including phenoxy) is 1. The summed E-state index contributed by atoms with van der Waals surface area (Å²) in [6.45, 7) is 16.5. The Morgan fingerprint density at radius 3 is 2.62 bits per heavy atom. The molecule has 2 heteroatoms. The maximum atomic E-state index is 5.36. The van der Waals surface area contributed by atoms with Crippen LogP contribution in [0, 0.1) is 11.3 Å². The van der Waals surface area contributed by atoms with Gasteiger partial charge < -0.3 is 10.1 Å². The van der Waals surface area contributed by atoms with Crippen LogP contribution in [0.5, 0.6) is 0 Å². The maximum Gasteiger partial charge on any atom is 0.0466 e. The molecule has 0 aliphatic rings. The fourth-order valence-electron chi connectivity index (χ4n) is 1.63. The molecule has 2 nitrogen and oxygen atoms in total. The van der Waals surface area contributed by atoms with Crippen molar-refractivity contribution < 1.29 is 4.74 Å². The molecule has 0 aromatic rings. The van der Waals surface area contributed by atoms with Crippen molar-refractivity contribution >= 4 is 0 Å². The third kappa shape index (κ3) is 7.89. The molecule has 0 aromatic heterocycles. The van der Waals surface area contributed by atoms with Crippen molar-refractivity contribution in [2.45, 2.75) is 40.5 Å². The number of nitrogens with one attached hydrogen (secondary N) is 1. The zero-order chi connectivity index (χ0) is 12.4. The molecule has 0 saturated heterocycles. The highest BCUT2D eigenvalue weighted by atomic mass is 16.5. The normalized spacial score (nSPS) is 15.1. The van der Waals surface area contributed by atoms with Crippen LogP contribution in [-0.4, -0.2) is 26.3 Å². The molecule has 1 unspecified atom stereocenters. The average molecular weight is 227 g/mol. The van der Waals surface area contributed by atoms with E-state index in [2.05, 4.69) is 38.7 Å². The predicted molar refractivity (Wildman–Crippen MR) is 71.7 cm³/mol. The molecule has 0 aromatic carbocycles. The van der Waals surface area contributed by atoms with Gasteiger partial charge in [-0.1, -0.05) is 26.8 Å². The van der Waals surface area contributed by atoms with Crippen LogP contribution < -0.4 is 5.32 Å². The van der Waals surface area contributed by atoms with Gasteiger partial charge in [-0.2, -0.15) is 0 Å². The summed E-state index contributed by atoms with van der Waals surface area (Å²) < 4.78 is 5.36. The molecule has 0 fully saturated rings. The summed E-state index contributed by atoms with van der Waals surface area (Å²) in [5.74, 6) is 0.706. The lowest BCUT2D eigenvalue weighted by molar-refractivity contribution is 0.135. The fraction of sp³-hybridized carbons (Fsp3) is 0.857. The third-order valence-corrected chi connectivity index (χ3v) is 2.81. The molecular formula is C14H29NO. The number of rotatable bonds is 10. The number of hydrogen-bond acceptors (Lipinski definition) is 2. The summed E-state index contributed by atoms with van der Waals surface area (Å²) in [5, 5.41) is 3.51. The first-order valence-electron chi connectivity index (χ1n) is 6.46. The monoisotopic (exact) mass is 227 g/mol. The van der Waals surface area contributed by atoms with Crippen molar-refractivity contribution in [2.24, 2.45) is 11.3 Å². The van der Waals surface area contributed by atoms with Gasteiger partial charge in [0.25, 0.3) is 0 Å². The van der Waals surface area contributed by atoms with Crippen LogP contribution in [0.15, 0.2) is 12.7 Å². The van der Waals surface area contributed by atoms with Gasteiger partial charge in [0.05, 0.1) is 0 Å². The zero-order valence-corrected chi connectivity index (χ0v) is 11.5. The van der Waals surface area contributed by atoms with E-state index >= 15 is 0 Å². The lowest BCUT2D eigenvalue weighted by atomic mass is 9.85. The van der Waals surface area contributed by atoms with Crippen LogP contribution in [0.4, 0.5) is 0 Å². The van der Waals surface area contributed by atoms with Gasteiger partial charge in [-0.15, -0.1) is 6.58 Å². The van der Waals surface area contributed by atoms with E-state index in [9.17, 15) is 0 Å². The van der Waals surface area contributed by atoms with E-state index in [4.69, 9.17) is 4.74 Å². The quantitative estimate of drug-likeness (QED) is 0.457. The lowest BCUT2D eigenvalue weighted by Crippen LogP contribution is -2.32. The van der Waals surface area contributed by atoms with Gasteiger partial charge in [0.15, 0.2) is 0 Å². The highest BCUT2D eigenvalue weighted by Crippen LogP contribution is 2.23. The Balaban J connectivity index is 3.77.